The van der Waals surface area contributed by atoms with E-state index in [2.05, 4.69) is 36.5 Å². The third-order valence-corrected chi connectivity index (χ3v) is 5.79. The molecule has 180 valence electrons. The minimum absolute atomic E-state index is 0.0199. The number of allylic oxidation sites excluding steroid dienone is 6. The van der Waals surface area contributed by atoms with Crippen LogP contribution in [0.3, 0.4) is 0 Å². The second-order valence-electron chi connectivity index (χ2n) is 8.57. The Morgan fingerprint density at radius 2 is 1.82 bits per heavy atom. The summed E-state index contributed by atoms with van der Waals surface area (Å²) in [6.45, 7) is 2.22. The van der Waals surface area contributed by atoms with Crippen molar-refractivity contribution in [1.82, 2.24) is 0 Å². The Labute approximate surface area is 198 Å². The van der Waals surface area contributed by atoms with Crippen molar-refractivity contribution in [2.45, 2.75) is 77.4 Å². The van der Waals surface area contributed by atoms with Crippen molar-refractivity contribution in [1.29, 1.82) is 0 Å². The van der Waals surface area contributed by atoms with Gasteiger partial charge in [-0.25, -0.2) is 4.79 Å². The number of hydrogen-bond acceptors (Lipinski definition) is 4. The smallest absolute Gasteiger partial charge is 0.413 e. The van der Waals surface area contributed by atoms with Gasteiger partial charge in [0.05, 0.1) is 0 Å². The third-order valence-electron chi connectivity index (χ3n) is 5.79. The van der Waals surface area contributed by atoms with E-state index in [0.717, 1.165) is 32.1 Å². The lowest BCUT2D eigenvalue weighted by Gasteiger charge is -2.13. The number of para-hydroxylation sites is 1. The van der Waals surface area contributed by atoms with Gasteiger partial charge in [0, 0.05) is 23.9 Å². The Morgan fingerprint density at radius 3 is 2.61 bits per heavy atom. The summed E-state index contributed by atoms with van der Waals surface area (Å²) >= 11 is 0. The van der Waals surface area contributed by atoms with Crippen molar-refractivity contribution in [2.75, 3.05) is 5.32 Å². The zero-order valence-corrected chi connectivity index (χ0v) is 19.8. The van der Waals surface area contributed by atoms with Gasteiger partial charge in [0.2, 0.25) is 6.29 Å². The molecule has 0 spiro atoms. The molecule has 1 aliphatic rings. The highest BCUT2D eigenvalue weighted by molar-refractivity contribution is 5.95. The second-order valence-corrected chi connectivity index (χ2v) is 8.57. The number of benzene rings is 1. The number of hydrogen-bond donors (Lipinski definition) is 2. The van der Waals surface area contributed by atoms with E-state index < -0.39 is 12.4 Å². The van der Waals surface area contributed by atoms with E-state index in [-0.39, 0.29) is 17.6 Å². The van der Waals surface area contributed by atoms with Gasteiger partial charge in [-0.15, -0.1) is 0 Å². The topological polar surface area (TPSA) is 75.6 Å². The molecule has 3 atom stereocenters. The molecule has 0 aromatic heterocycles. The van der Waals surface area contributed by atoms with Crippen LogP contribution in [0.2, 0.25) is 0 Å². The van der Waals surface area contributed by atoms with Crippen LogP contribution in [-0.4, -0.2) is 23.3 Å². The van der Waals surface area contributed by atoms with Crippen molar-refractivity contribution < 1.29 is 19.4 Å². The molecule has 0 bridgehead atoms. The van der Waals surface area contributed by atoms with Crippen LogP contribution in [0.4, 0.5) is 10.5 Å². The van der Waals surface area contributed by atoms with Crippen LogP contribution in [0.15, 0.2) is 66.8 Å². The monoisotopic (exact) mass is 453 g/mol. The number of nitrogens with one attached hydrogen (secondary N) is 1. The van der Waals surface area contributed by atoms with Gasteiger partial charge >= 0.3 is 6.09 Å². The molecule has 2 rings (SSSR count). The minimum Gasteiger partial charge on any atom is -0.420 e. The van der Waals surface area contributed by atoms with Gasteiger partial charge in [0.1, 0.15) is 0 Å². The maximum absolute atomic E-state index is 12.2. The van der Waals surface area contributed by atoms with Gasteiger partial charge in [-0.05, 0) is 56.7 Å². The SMILES string of the molecule is CCCCCCC=C[C@H]1C=CC(=O)[C@@H]1CC=CCCCCC(O)OC(=O)Nc1ccccc1. The molecule has 2 N–H and O–H groups in total. The Hall–Kier alpha value is -2.66. The van der Waals surface area contributed by atoms with Gasteiger partial charge < -0.3 is 9.84 Å². The molecule has 5 heteroatoms. The van der Waals surface area contributed by atoms with E-state index >= 15 is 0 Å². The molecule has 1 unspecified atom stereocenters. The van der Waals surface area contributed by atoms with E-state index in [4.69, 9.17) is 4.74 Å². The molecule has 0 fully saturated rings. The maximum atomic E-state index is 12.2. The number of unbranched alkanes of at least 4 members (excludes halogenated alkanes) is 6. The first-order chi connectivity index (χ1) is 16.1. The first-order valence-corrected chi connectivity index (χ1v) is 12.3. The van der Waals surface area contributed by atoms with E-state index in [1.165, 1.54) is 25.7 Å². The highest BCUT2D eigenvalue weighted by Gasteiger charge is 2.26. The number of anilines is 1. The largest absolute Gasteiger partial charge is 0.420 e. The summed E-state index contributed by atoms with van der Waals surface area (Å²) in [5, 5.41) is 12.5. The summed E-state index contributed by atoms with van der Waals surface area (Å²) in [5.41, 5.74) is 0.625. The fraction of sp³-hybridized carbons (Fsp3) is 0.500. The van der Waals surface area contributed by atoms with E-state index in [1.54, 1.807) is 18.2 Å². The van der Waals surface area contributed by atoms with Gasteiger partial charge in [0.15, 0.2) is 5.78 Å². The van der Waals surface area contributed by atoms with Crippen molar-refractivity contribution in [2.24, 2.45) is 11.8 Å². The highest BCUT2D eigenvalue weighted by Crippen LogP contribution is 2.27. The van der Waals surface area contributed by atoms with Crippen LogP contribution in [0, 0.1) is 11.8 Å². The number of aliphatic hydroxyl groups is 1. The minimum atomic E-state index is -1.12. The maximum Gasteiger partial charge on any atom is 0.413 e. The number of carbonyl (C=O) groups is 2. The van der Waals surface area contributed by atoms with Crippen molar-refractivity contribution in [3.63, 3.8) is 0 Å². The number of aliphatic hydroxyl groups excluding tert-OH is 1. The molecule has 0 saturated heterocycles. The highest BCUT2D eigenvalue weighted by atomic mass is 16.6. The zero-order valence-electron chi connectivity index (χ0n) is 19.8. The fourth-order valence-electron chi connectivity index (χ4n) is 3.86. The van der Waals surface area contributed by atoms with E-state index in [0.29, 0.717) is 12.1 Å². The molecule has 1 aromatic rings. The lowest BCUT2D eigenvalue weighted by molar-refractivity contribution is -0.117. The Balaban J connectivity index is 1.56. The summed E-state index contributed by atoms with van der Waals surface area (Å²) in [5.74, 6) is 0.448. The molecule has 33 heavy (non-hydrogen) atoms. The molecule has 5 nitrogen and oxygen atoms in total. The average molecular weight is 454 g/mol. The third kappa shape index (κ3) is 11.2. The predicted octanol–water partition coefficient (Wildman–Crippen LogP) is 6.96. The summed E-state index contributed by atoms with van der Waals surface area (Å²) < 4.78 is 4.97. The van der Waals surface area contributed by atoms with E-state index in [9.17, 15) is 14.7 Å². The zero-order chi connectivity index (χ0) is 23.7. The van der Waals surface area contributed by atoms with Gasteiger partial charge in [-0.3, -0.25) is 10.1 Å². The standard InChI is InChI=1S/C28H39NO4/c1-2-3-4-5-7-11-16-23-21-22-26(30)25(23)19-14-8-6-9-15-20-27(31)33-28(32)29-24-17-12-10-13-18-24/h8,10-14,16-18,21-23,25,27,31H,2-7,9,15,19-20H2,1H3,(H,29,32)/t23-,25+,27?/m0/s1. The number of ketones is 1. The Kier molecular flexibility index (Phi) is 12.9. The summed E-state index contributed by atoms with van der Waals surface area (Å²) in [6, 6.07) is 8.98. The Morgan fingerprint density at radius 1 is 1.06 bits per heavy atom. The molecule has 0 radical (unpaired) electrons. The number of carbonyl (C=O) groups excluding carboxylic acids is 2. The van der Waals surface area contributed by atoms with Gasteiger partial charge in [-0.2, -0.15) is 0 Å². The van der Waals surface area contributed by atoms with Crippen LogP contribution in [-0.2, 0) is 9.53 Å². The van der Waals surface area contributed by atoms with Crippen LogP contribution >= 0.6 is 0 Å². The quantitative estimate of drug-likeness (QED) is 0.171. The van der Waals surface area contributed by atoms with Crippen LogP contribution < -0.4 is 5.32 Å². The molecular weight excluding hydrogens is 414 g/mol. The summed E-state index contributed by atoms with van der Waals surface area (Å²) in [7, 11) is 0. The first-order valence-electron chi connectivity index (χ1n) is 12.3. The van der Waals surface area contributed by atoms with Crippen molar-refractivity contribution in [3.8, 4) is 0 Å². The summed E-state index contributed by atoms with van der Waals surface area (Å²) in [4.78, 5) is 23.9. The van der Waals surface area contributed by atoms with Crippen molar-refractivity contribution >= 4 is 17.6 Å². The predicted molar refractivity (Wildman–Crippen MR) is 134 cm³/mol. The summed E-state index contributed by atoms with van der Waals surface area (Å²) in [6.07, 6.45) is 20.4. The second kappa shape index (κ2) is 16.0. The number of amides is 1. The van der Waals surface area contributed by atoms with Crippen molar-refractivity contribution in [3.05, 3.63) is 66.8 Å². The molecule has 1 amide bonds. The normalized spacial score (nSPS) is 18.9. The molecule has 0 heterocycles. The Bertz CT molecular complexity index is 784. The fourth-order valence-corrected chi connectivity index (χ4v) is 3.86. The lowest BCUT2D eigenvalue weighted by atomic mass is 9.90. The van der Waals surface area contributed by atoms with E-state index in [1.807, 2.05) is 24.3 Å². The first kappa shape index (κ1) is 26.6. The van der Waals surface area contributed by atoms with Gasteiger partial charge in [-0.1, -0.05) is 74.8 Å². The molecule has 1 aromatic carbocycles. The van der Waals surface area contributed by atoms with Crippen LogP contribution in [0.5, 0.6) is 0 Å². The number of rotatable bonds is 15. The molecule has 1 aliphatic carbocycles. The van der Waals surface area contributed by atoms with Crippen LogP contribution in [0.1, 0.15) is 71.1 Å². The molecule has 0 aliphatic heterocycles. The van der Waals surface area contributed by atoms with Gasteiger partial charge in [0.25, 0.3) is 0 Å². The van der Waals surface area contributed by atoms with Crippen LogP contribution in [0.25, 0.3) is 0 Å². The molecular formula is C28H39NO4. The molecule has 0 saturated carbocycles. The lowest BCUT2D eigenvalue weighted by Crippen LogP contribution is -2.22. The average Bonchev–Trinajstić information content (AvgIpc) is 3.15. The number of ether oxygens (including phenoxy) is 1.